The van der Waals surface area contributed by atoms with Gasteiger partial charge in [-0.1, -0.05) is 115 Å². The Bertz CT molecular complexity index is 2490. The molecule has 7 aromatic carbocycles. The molecule has 3 heteroatoms. The zero-order valence-corrected chi connectivity index (χ0v) is 24.4. The molecule has 0 saturated carbocycles. The molecule has 0 spiro atoms. The van der Waals surface area contributed by atoms with Gasteiger partial charge in [-0.2, -0.15) is 0 Å². The van der Waals surface area contributed by atoms with Crippen molar-refractivity contribution in [2.24, 2.45) is 0 Å². The Morgan fingerprint density at radius 2 is 0.956 bits per heavy atom. The van der Waals surface area contributed by atoms with Crippen molar-refractivity contribution in [3.05, 3.63) is 164 Å². The van der Waals surface area contributed by atoms with Gasteiger partial charge >= 0.3 is 0 Å². The zero-order chi connectivity index (χ0) is 29.7. The van der Waals surface area contributed by atoms with E-state index in [1.54, 1.807) is 0 Å². The van der Waals surface area contributed by atoms with Crippen LogP contribution in [0.3, 0.4) is 0 Å². The molecule has 0 fully saturated rings. The van der Waals surface area contributed by atoms with Crippen molar-refractivity contribution in [2.45, 2.75) is 0 Å². The third-order valence-electron chi connectivity index (χ3n) is 8.66. The Kier molecular flexibility index (Phi) is 5.82. The molecule has 2 heterocycles. The Morgan fingerprint density at radius 3 is 1.73 bits per heavy atom. The van der Waals surface area contributed by atoms with Gasteiger partial charge in [-0.15, -0.1) is 0 Å². The number of para-hydroxylation sites is 2. The maximum Gasteiger partial charge on any atom is 0.145 e. The van der Waals surface area contributed by atoms with E-state index >= 15 is 0 Å². The molecule has 0 aliphatic heterocycles. The molecule has 2 aromatic heterocycles. The highest BCUT2D eigenvalue weighted by atomic mass is 16.3. The van der Waals surface area contributed by atoms with E-state index in [1.165, 1.54) is 5.56 Å². The first-order valence-corrected chi connectivity index (χ1v) is 15.2. The lowest BCUT2D eigenvalue weighted by molar-refractivity contribution is 0.669. The molecular formula is C42H27NO2. The fraction of sp³-hybridized carbons (Fsp3) is 0. The molecule has 0 radical (unpaired) electrons. The summed E-state index contributed by atoms with van der Waals surface area (Å²) in [6.45, 7) is 0. The van der Waals surface area contributed by atoms with E-state index in [0.29, 0.717) is 0 Å². The number of fused-ring (bicyclic) bond motifs is 6. The lowest BCUT2D eigenvalue weighted by Crippen LogP contribution is -2.11. The van der Waals surface area contributed by atoms with E-state index in [2.05, 4.69) is 144 Å². The average molecular weight is 578 g/mol. The van der Waals surface area contributed by atoms with Gasteiger partial charge in [0.15, 0.2) is 0 Å². The first-order chi connectivity index (χ1) is 22.3. The van der Waals surface area contributed by atoms with E-state index in [4.69, 9.17) is 8.83 Å². The van der Waals surface area contributed by atoms with Crippen molar-refractivity contribution in [2.75, 3.05) is 4.90 Å². The van der Waals surface area contributed by atoms with Crippen LogP contribution in [0.15, 0.2) is 173 Å². The lowest BCUT2D eigenvalue weighted by atomic mass is 9.99. The van der Waals surface area contributed by atoms with E-state index in [9.17, 15) is 0 Å². The SMILES string of the molecule is c1ccc(-c2cccc(N(c3cccc4oc5ccccc5c34)c3ccc(-c4ccccc4)c4oc5ccccc5c34)c2)cc1. The Labute approximate surface area is 260 Å². The largest absolute Gasteiger partial charge is 0.456 e. The van der Waals surface area contributed by atoms with Crippen molar-refractivity contribution in [3.8, 4) is 22.3 Å². The summed E-state index contributed by atoms with van der Waals surface area (Å²) in [7, 11) is 0. The summed E-state index contributed by atoms with van der Waals surface area (Å²) in [5.74, 6) is 0. The van der Waals surface area contributed by atoms with Crippen LogP contribution in [0.25, 0.3) is 66.1 Å². The second kappa shape index (κ2) is 10.3. The minimum Gasteiger partial charge on any atom is -0.456 e. The van der Waals surface area contributed by atoms with Crippen LogP contribution >= 0.6 is 0 Å². The van der Waals surface area contributed by atoms with Crippen LogP contribution in [0.1, 0.15) is 0 Å². The number of hydrogen-bond donors (Lipinski definition) is 0. The van der Waals surface area contributed by atoms with Gasteiger partial charge < -0.3 is 13.7 Å². The highest BCUT2D eigenvalue weighted by Crippen LogP contribution is 2.49. The van der Waals surface area contributed by atoms with Crippen LogP contribution in [-0.4, -0.2) is 0 Å². The van der Waals surface area contributed by atoms with Crippen molar-refractivity contribution >= 4 is 60.9 Å². The topological polar surface area (TPSA) is 29.5 Å². The van der Waals surface area contributed by atoms with E-state index in [-0.39, 0.29) is 0 Å². The monoisotopic (exact) mass is 577 g/mol. The Hall–Kier alpha value is -6.06. The van der Waals surface area contributed by atoms with Gasteiger partial charge in [0.1, 0.15) is 22.3 Å². The number of hydrogen-bond acceptors (Lipinski definition) is 3. The van der Waals surface area contributed by atoms with Crippen molar-refractivity contribution < 1.29 is 8.83 Å². The Balaban J connectivity index is 1.40. The van der Waals surface area contributed by atoms with Gasteiger partial charge in [0.2, 0.25) is 0 Å². The molecule has 0 saturated heterocycles. The van der Waals surface area contributed by atoms with Crippen LogP contribution in [0.5, 0.6) is 0 Å². The lowest BCUT2D eigenvalue weighted by Gasteiger charge is -2.28. The summed E-state index contributed by atoms with van der Waals surface area (Å²) >= 11 is 0. The summed E-state index contributed by atoms with van der Waals surface area (Å²) in [6.07, 6.45) is 0. The van der Waals surface area contributed by atoms with Gasteiger partial charge in [-0.3, -0.25) is 0 Å². The van der Waals surface area contributed by atoms with Crippen LogP contribution in [0.4, 0.5) is 17.1 Å². The molecule has 0 bridgehead atoms. The predicted octanol–water partition coefficient (Wildman–Crippen LogP) is 12.3. The fourth-order valence-corrected chi connectivity index (χ4v) is 6.65. The fourth-order valence-electron chi connectivity index (χ4n) is 6.65. The van der Waals surface area contributed by atoms with Gasteiger partial charge in [0, 0.05) is 22.0 Å². The molecule has 0 aliphatic carbocycles. The number of benzene rings is 7. The zero-order valence-electron chi connectivity index (χ0n) is 24.4. The molecule has 45 heavy (non-hydrogen) atoms. The van der Waals surface area contributed by atoms with Crippen molar-refractivity contribution in [1.82, 2.24) is 0 Å². The third-order valence-corrected chi connectivity index (χ3v) is 8.66. The van der Waals surface area contributed by atoms with Gasteiger partial charge in [0.25, 0.3) is 0 Å². The molecule has 9 aromatic rings. The standard InChI is InChI=1S/C42H27NO2/c1-3-13-28(14-4-1)30-17-11-18-31(27-30)43(35-21-12-24-39-40(35)33-19-7-9-22-37(33)44-39)36-26-25-32(29-15-5-2-6-16-29)42-41(36)34-20-8-10-23-38(34)45-42/h1-27H. The van der Waals surface area contributed by atoms with Crippen LogP contribution < -0.4 is 4.90 Å². The highest BCUT2D eigenvalue weighted by Gasteiger charge is 2.25. The molecule has 0 N–H and O–H groups in total. The molecule has 3 nitrogen and oxygen atoms in total. The van der Waals surface area contributed by atoms with Gasteiger partial charge in [-0.25, -0.2) is 0 Å². The second-order valence-corrected chi connectivity index (χ2v) is 11.3. The maximum atomic E-state index is 6.69. The average Bonchev–Trinajstić information content (AvgIpc) is 3.69. The quantitative estimate of drug-likeness (QED) is 0.204. The van der Waals surface area contributed by atoms with E-state index in [1.807, 2.05) is 24.3 Å². The maximum absolute atomic E-state index is 6.69. The molecule has 0 atom stereocenters. The minimum atomic E-state index is 0.854. The Morgan fingerprint density at radius 1 is 0.378 bits per heavy atom. The van der Waals surface area contributed by atoms with Crippen LogP contribution in [0, 0.1) is 0 Å². The van der Waals surface area contributed by atoms with Crippen LogP contribution in [-0.2, 0) is 0 Å². The number of nitrogens with zero attached hydrogens (tertiary/aromatic N) is 1. The number of anilines is 3. The van der Waals surface area contributed by atoms with Crippen molar-refractivity contribution in [3.63, 3.8) is 0 Å². The molecule has 0 unspecified atom stereocenters. The molecule has 0 amide bonds. The van der Waals surface area contributed by atoms with Crippen molar-refractivity contribution in [1.29, 1.82) is 0 Å². The summed E-state index contributed by atoms with van der Waals surface area (Å²) < 4.78 is 13.1. The van der Waals surface area contributed by atoms with Crippen LogP contribution in [0.2, 0.25) is 0 Å². The van der Waals surface area contributed by atoms with Gasteiger partial charge in [-0.05, 0) is 65.2 Å². The van der Waals surface area contributed by atoms with Gasteiger partial charge in [0.05, 0.1) is 22.1 Å². The van der Waals surface area contributed by atoms with E-state index < -0.39 is 0 Å². The first-order valence-electron chi connectivity index (χ1n) is 15.2. The number of rotatable bonds is 5. The molecular weight excluding hydrogens is 550 g/mol. The third kappa shape index (κ3) is 4.13. The summed E-state index contributed by atoms with van der Waals surface area (Å²) in [5.41, 5.74) is 11.1. The molecule has 212 valence electrons. The smallest absolute Gasteiger partial charge is 0.145 e. The molecule has 9 rings (SSSR count). The van der Waals surface area contributed by atoms with E-state index in [0.717, 1.165) is 77.6 Å². The second-order valence-electron chi connectivity index (χ2n) is 11.3. The normalized spacial score (nSPS) is 11.6. The molecule has 0 aliphatic rings. The summed E-state index contributed by atoms with van der Waals surface area (Å²) in [4.78, 5) is 2.37. The first kappa shape index (κ1) is 25.4. The minimum absolute atomic E-state index is 0.854. The highest BCUT2D eigenvalue weighted by molar-refractivity contribution is 6.19. The predicted molar refractivity (Wildman–Crippen MR) is 187 cm³/mol. The summed E-state index contributed by atoms with van der Waals surface area (Å²) in [6, 6.07) is 57.2. The summed E-state index contributed by atoms with van der Waals surface area (Å²) in [5, 5.41) is 4.31. The number of furan rings is 2.